The number of halogens is 1. The van der Waals surface area contributed by atoms with Crippen LogP contribution < -0.4 is 16.2 Å². The van der Waals surface area contributed by atoms with Gasteiger partial charge in [-0.1, -0.05) is 35.4 Å². The highest BCUT2D eigenvalue weighted by molar-refractivity contribution is 6.30. The molecule has 0 atom stereocenters. The molecular formula is C18H15ClN6O. The van der Waals surface area contributed by atoms with Crippen LogP contribution in [0.3, 0.4) is 0 Å². The topological polar surface area (TPSA) is 98.5 Å². The highest BCUT2D eigenvalue weighted by atomic mass is 35.5. The van der Waals surface area contributed by atoms with Crippen LogP contribution in [0.5, 0.6) is 0 Å². The van der Waals surface area contributed by atoms with Crippen LogP contribution in [0.25, 0.3) is 11.0 Å². The van der Waals surface area contributed by atoms with Crippen molar-refractivity contribution >= 4 is 45.8 Å². The zero-order valence-electron chi connectivity index (χ0n) is 13.8. The van der Waals surface area contributed by atoms with Crippen LogP contribution in [-0.4, -0.2) is 20.2 Å². The van der Waals surface area contributed by atoms with Crippen molar-refractivity contribution in [2.45, 2.75) is 6.92 Å². The molecule has 0 aliphatic heterocycles. The Morgan fingerprint density at radius 3 is 2.62 bits per heavy atom. The first kappa shape index (κ1) is 16.2. The Balaban J connectivity index is 1.66. The van der Waals surface area contributed by atoms with Gasteiger partial charge in [0.05, 0.1) is 0 Å². The van der Waals surface area contributed by atoms with Crippen molar-refractivity contribution < 1.29 is 0 Å². The molecule has 0 bridgehead atoms. The Labute approximate surface area is 153 Å². The van der Waals surface area contributed by atoms with Gasteiger partial charge in [0, 0.05) is 16.4 Å². The lowest BCUT2D eigenvalue weighted by molar-refractivity contribution is 1.09. The standard InChI is InChI=1S/C18H15ClN6O/c1-10-5-7-12(8-6-10)21-18-22-16-14(17(26)23-18)15(24-25-16)20-13-4-2-3-11(19)9-13/h2-9H,1H3,(H4,20,21,22,23,24,25,26). The van der Waals surface area contributed by atoms with Crippen molar-refractivity contribution in [3.63, 3.8) is 0 Å². The molecule has 0 unspecified atom stereocenters. The van der Waals surface area contributed by atoms with Gasteiger partial charge in [-0.05, 0) is 37.3 Å². The molecule has 4 N–H and O–H groups in total. The molecule has 0 fully saturated rings. The molecule has 0 saturated carbocycles. The summed E-state index contributed by atoms with van der Waals surface area (Å²) in [5.41, 5.74) is 2.72. The Kier molecular flexibility index (Phi) is 4.06. The lowest BCUT2D eigenvalue weighted by Crippen LogP contribution is -2.11. The zero-order valence-corrected chi connectivity index (χ0v) is 14.6. The largest absolute Gasteiger partial charge is 0.340 e. The SMILES string of the molecule is Cc1ccc(Nc2nc3n[nH]c(Nc4cccc(Cl)c4)c3c(=O)[nH]2)cc1. The van der Waals surface area contributed by atoms with E-state index in [1.165, 1.54) is 0 Å². The molecule has 130 valence electrons. The van der Waals surface area contributed by atoms with Gasteiger partial charge in [0.2, 0.25) is 5.95 Å². The fourth-order valence-electron chi connectivity index (χ4n) is 2.57. The first-order chi connectivity index (χ1) is 12.6. The minimum Gasteiger partial charge on any atom is -0.340 e. The first-order valence-corrected chi connectivity index (χ1v) is 8.31. The molecule has 2 aromatic carbocycles. The van der Waals surface area contributed by atoms with Crippen molar-refractivity contribution in [3.05, 3.63) is 69.5 Å². The summed E-state index contributed by atoms with van der Waals surface area (Å²) in [6, 6.07) is 15.0. The lowest BCUT2D eigenvalue weighted by atomic mass is 10.2. The molecule has 4 aromatic rings. The van der Waals surface area contributed by atoms with Gasteiger partial charge in [0.1, 0.15) is 11.2 Å². The summed E-state index contributed by atoms with van der Waals surface area (Å²) in [5.74, 6) is 0.782. The summed E-state index contributed by atoms with van der Waals surface area (Å²) in [4.78, 5) is 19.6. The Morgan fingerprint density at radius 1 is 1.04 bits per heavy atom. The Hall–Kier alpha value is -3.32. The van der Waals surface area contributed by atoms with E-state index in [4.69, 9.17) is 11.6 Å². The summed E-state index contributed by atoms with van der Waals surface area (Å²) in [7, 11) is 0. The highest BCUT2D eigenvalue weighted by Gasteiger charge is 2.13. The molecule has 0 spiro atoms. The van der Waals surface area contributed by atoms with Gasteiger partial charge in [-0.3, -0.25) is 14.9 Å². The molecule has 8 heteroatoms. The lowest BCUT2D eigenvalue weighted by Gasteiger charge is -2.06. The second-order valence-electron chi connectivity index (χ2n) is 5.84. The normalized spacial score (nSPS) is 10.8. The number of nitrogens with zero attached hydrogens (tertiary/aromatic N) is 2. The molecule has 7 nitrogen and oxygen atoms in total. The van der Waals surface area contributed by atoms with Crippen molar-refractivity contribution in [3.8, 4) is 0 Å². The molecule has 2 heterocycles. The number of aryl methyl sites for hydroxylation is 1. The van der Waals surface area contributed by atoms with Crippen molar-refractivity contribution in [2.24, 2.45) is 0 Å². The van der Waals surface area contributed by atoms with E-state index < -0.39 is 0 Å². The molecule has 4 rings (SSSR count). The van der Waals surface area contributed by atoms with Crippen LogP contribution >= 0.6 is 11.6 Å². The maximum Gasteiger partial charge on any atom is 0.265 e. The summed E-state index contributed by atoms with van der Waals surface area (Å²) in [6.07, 6.45) is 0. The molecule has 0 aliphatic rings. The fraction of sp³-hybridized carbons (Fsp3) is 0.0556. The smallest absolute Gasteiger partial charge is 0.265 e. The molecule has 0 radical (unpaired) electrons. The van der Waals surface area contributed by atoms with E-state index in [9.17, 15) is 4.79 Å². The molecule has 0 saturated heterocycles. The van der Waals surface area contributed by atoms with E-state index in [1.807, 2.05) is 43.3 Å². The van der Waals surface area contributed by atoms with Crippen molar-refractivity contribution in [1.82, 2.24) is 20.2 Å². The minimum atomic E-state index is -0.303. The maximum atomic E-state index is 12.5. The van der Waals surface area contributed by atoms with E-state index in [1.54, 1.807) is 12.1 Å². The number of aromatic amines is 2. The van der Waals surface area contributed by atoms with Gasteiger partial charge >= 0.3 is 0 Å². The number of H-pyrrole nitrogens is 2. The quantitative estimate of drug-likeness (QED) is 0.436. The number of hydrogen-bond acceptors (Lipinski definition) is 5. The average Bonchev–Trinajstić information content (AvgIpc) is 3.00. The predicted molar refractivity (Wildman–Crippen MR) is 104 cm³/mol. The second-order valence-corrected chi connectivity index (χ2v) is 6.27. The van der Waals surface area contributed by atoms with Gasteiger partial charge < -0.3 is 10.6 Å². The summed E-state index contributed by atoms with van der Waals surface area (Å²) >= 11 is 5.99. The van der Waals surface area contributed by atoms with E-state index in [2.05, 4.69) is 30.8 Å². The van der Waals surface area contributed by atoms with E-state index in [0.29, 0.717) is 27.8 Å². The number of nitrogens with one attached hydrogen (secondary N) is 4. The molecule has 2 aromatic heterocycles. The number of anilines is 4. The van der Waals surface area contributed by atoms with Crippen LogP contribution in [0, 0.1) is 6.92 Å². The Morgan fingerprint density at radius 2 is 1.85 bits per heavy atom. The van der Waals surface area contributed by atoms with E-state index in [-0.39, 0.29) is 5.56 Å². The fourth-order valence-corrected chi connectivity index (χ4v) is 2.76. The second kappa shape index (κ2) is 6.53. The third kappa shape index (κ3) is 3.25. The van der Waals surface area contributed by atoms with Crippen LogP contribution in [-0.2, 0) is 0 Å². The third-order valence-corrected chi connectivity index (χ3v) is 4.07. The van der Waals surface area contributed by atoms with Gasteiger partial charge in [-0.15, -0.1) is 0 Å². The number of benzene rings is 2. The first-order valence-electron chi connectivity index (χ1n) is 7.93. The molecular weight excluding hydrogens is 352 g/mol. The van der Waals surface area contributed by atoms with Crippen LogP contribution in [0.4, 0.5) is 23.1 Å². The summed E-state index contributed by atoms with van der Waals surface area (Å²) in [5, 5.41) is 14.0. The van der Waals surface area contributed by atoms with Gasteiger partial charge in [0.25, 0.3) is 5.56 Å². The molecule has 0 amide bonds. The van der Waals surface area contributed by atoms with Crippen LogP contribution in [0.2, 0.25) is 5.02 Å². The molecule has 26 heavy (non-hydrogen) atoms. The summed E-state index contributed by atoms with van der Waals surface area (Å²) in [6.45, 7) is 2.01. The maximum absolute atomic E-state index is 12.5. The highest BCUT2D eigenvalue weighted by Crippen LogP contribution is 2.23. The monoisotopic (exact) mass is 366 g/mol. The van der Waals surface area contributed by atoms with Gasteiger partial charge in [-0.25, -0.2) is 0 Å². The zero-order chi connectivity index (χ0) is 18.1. The van der Waals surface area contributed by atoms with Crippen molar-refractivity contribution in [1.29, 1.82) is 0 Å². The number of aromatic nitrogens is 4. The van der Waals surface area contributed by atoms with Crippen LogP contribution in [0.15, 0.2) is 53.3 Å². The number of rotatable bonds is 4. The third-order valence-electron chi connectivity index (χ3n) is 3.83. The number of hydrogen-bond donors (Lipinski definition) is 4. The Bertz CT molecular complexity index is 1130. The van der Waals surface area contributed by atoms with E-state index in [0.717, 1.165) is 16.9 Å². The predicted octanol–water partition coefficient (Wildman–Crippen LogP) is 4.10. The van der Waals surface area contributed by atoms with E-state index >= 15 is 0 Å². The van der Waals surface area contributed by atoms with Crippen molar-refractivity contribution in [2.75, 3.05) is 10.6 Å². The van der Waals surface area contributed by atoms with Gasteiger partial charge in [0.15, 0.2) is 5.65 Å². The van der Waals surface area contributed by atoms with Gasteiger partial charge in [-0.2, -0.15) is 10.1 Å². The molecule has 0 aliphatic carbocycles. The average molecular weight is 367 g/mol. The number of fused-ring (bicyclic) bond motifs is 1. The summed E-state index contributed by atoms with van der Waals surface area (Å²) < 4.78 is 0. The minimum absolute atomic E-state index is 0.303. The van der Waals surface area contributed by atoms with Crippen LogP contribution in [0.1, 0.15) is 5.56 Å².